The van der Waals surface area contributed by atoms with Gasteiger partial charge in [-0.2, -0.15) is 0 Å². The number of methoxy groups -OCH3 is 1. The number of hydrogen-bond donors (Lipinski definition) is 0. The largest absolute Gasteiger partial charge is 0.465 e. The molecule has 1 fully saturated rings. The summed E-state index contributed by atoms with van der Waals surface area (Å²) in [6, 6.07) is -1.54. The van der Waals surface area contributed by atoms with Gasteiger partial charge in [0.25, 0.3) is 5.79 Å². The number of nitrogens with zero attached hydrogens (tertiary/aromatic N) is 1. The van der Waals surface area contributed by atoms with Gasteiger partial charge in [0.15, 0.2) is 12.2 Å². The van der Waals surface area contributed by atoms with Crippen LogP contribution >= 0.6 is 0 Å². The molecule has 256 valence electrons. The molecule has 1 saturated heterocycles. The minimum atomic E-state index is -2.29. The van der Waals surface area contributed by atoms with Gasteiger partial charge in [0.1, 0.15) is 24.9 Å². The van der Waals surface area contributed by atoms with Crippen LogP contribution in [0, 0.1) is 0 Å². The van der Waals surface area contributed by atoms with Crippen molar-refractivity contribution in [3.63, 3.8) is 0 Å². The topological polar surface area (TPSA) is 187 Å². The van der Waals surface area contributed by atoms with E-state index in [0.29, 0.717) is 6.42 Å². The summed E-state index contributed by atoms with van der Waals surface area (Å²) in [4.78, 5) is 88.4. The van der Waals surface area contributed by atoms with Crippen molar-refractivity contribution in [1.29, 1.82) is 0 Å². The second kappa shape index (κ2) is 19.0. The van der Waals surface area contributed by atoms with E-state index in [9.17, 15) is 33.6 Å². The van der Waals surface area contributed by atoms with Crippen LogP contribution in [0.5, 0.6) is 0 Å². The molecule has 1 heterocycles. The molecule has 15 nitrogen and oxygen atoms in total. The predicted octanol–water partition coefficient (Wildman–Crippen LogP) is 2.14. The van der Waals surface area contributed by atoms with Crippen LogP contribution in [0.1, 0.15) is 93.4 Å². The molecule has 0 N–H and O–H groups in total. The lowest BCUT2D eigenvalue weighted by atomic mass is 9.86. The Kier molecular flexibility index (Phi) is 16.7. The smallest absolute Gasteiger partial charge is 0.366 e. The average molecular weight is 646 g/mol. The quantitative estimate of drug-likeness (QED) is 0.127. The maximum Gasteiger partial charge on any atom is 0.366 e. The van der Waals surface area contributed by atoms with E-state index in [2.05, 4.69) is 6.92 Å². The lowest BCUT2D eigenvalue weighted by Crippen LogP contribution is -2.70. The van der Waals surface area contributed by atoms with Gasteiger partial charge in [-0.05, 0) is 6.42 Å². The highest BCUT2D eigenvalue weighted by molar-refractivity contribution is 5.93. The van der Waals surface area contributed by atoms with E-state index >= 15 is 0 Å². The van der Waals surface area contributed by atoms with Crippen molar-refractivity contribution in [2.75, 3.05) is 20.3 Å². The molecule has 1 aliphatic rings. The minimum Gasteiger partial charge on any atom is -0.465 e. The molecule has 0 radical (unpaired) electrons. The van der Waals surface area contributed by atoms with Crippen LogP contribution in [0.2, 0.25) is 0 Å². The van der Waals surface area contributed by atoms with Crippen molar-refractivity contribution in [2.45, 2.75) is 130 Å². The van der Waals surface area contributed by atoms with Gasteiger partial charge in [-0.3, -0.25) is 33.7 Å². The van der Waals surface area contributed by atoms with Crippen LogP contribution in [-0.2, 0) is 66.7 Å². The third-order valence-electron chi connectivity index (χ3n) is 6.90. The number of rotatable bonds is 17. The molecule has 0 aliphatic carbocycles. The average Bonchev–Trinajstić information content (AvgIpc) is 2.93. The molecule has 0 aromatic rings. The second-order valence-electron chi connectivity index (χ2n) is 10.7. The first-order chi connectivity index (χ1) is 21.1. The number of ether oxygens (including phenoxy) is 7. The number of esters is 5. The van der Waals surface area contributed by atoms with Gasteiger partial charge in [0, 0.05) is 41.5 Å². The first kappa shape index (κ1) is 39.4. The first-order valence-corrected chi connectivity index (χ1v) is 15.0. The summed E-state index contributed by atoms with van der Waals surface area (Å²) in [5.74, 6) is -8.35. The fraction of sp³-hybridized carbons (Fsp3) is 0.767. The van der Waals surface area contributed by atoms with Crippen LogP contribution in [-0.4, -0.2) is 103 Å². The van der Waals surface area contributed by atoms with E-state index in [4.69, 9.17) is 33.2 Å². The molecule has 0 aromatic carbocycles. The van der Waals surface area contributed by atoms with Crippen molar-refractivity contribution < 1.29 is 66.7 Å². The number of hydrogen-bond acceptors (Lipinski definition) is 14. The van der Waals surface area contributed by atoms with Gasteiger partial charge in [0.2, 0.25) is 11.8 Å². The molecule has 0 bridgehead atoms. The van der Waals surface area contributed by atoms with Gasteiger partial charge in [-0.1, -0.05) is 39.0 Å². The summed E-state index contributed by atoms with van der Waals surface area (Å²) in [5, 5.41) is 0. The zero-order chi connectivity index (χ0) is 34.3. The standard InChI is InChI=1S/C30H47NO14/c1-9-10-11-12-13-14-15-41-30(29(38)39-8)16-24(42-21(5)35)26(31(18(2)32)19(3)33)28(45-30)27(44-23(7)37)25(43-22(6)36)17-40-20(4)34/h24-28H,9-17H2,1-8H3/t24-,25+,26+,27+,28+,30-/m0/s1. The van der Waals surface area contributed by atoms with Crippen molar-refractivity contribution >= 4 is 41.7 Å². The molecular formula is C30H47NO14. The number of unbranched alkanes of at least 4 members (excludes halogenated alkanes) is 5. The first-order valence-electron chi connectivity index (χ1n) is 15.0. The number of carbonyl (C=O) groups excluding carboxylic acids is 7. The normalized spacial score (nSPS) is 22.3. The molecule has 15 heteroatoms. The number of carbonyl (C=O) groups is 7. The molecule has 6 atom stereocenters. The highest BCUT2D eigenvalue weighted by Gasteiger charge is 2.61. The third kappa shape index (κ3) is 12.4. The van der Waals surface area contributed by atoms with Gasteiger partial charge < -0.3 is 33.2 Å². The van der Waals surface area contributed by atoms with Gasteiger partial charge >= 0.3 is 29.8 Å². The Hall–Kier alpha value is -3.59. The van der Waals surface area contributed by atoms with E-state index in [1.807, 2.05) is 0 Å². The fourth-order valence-electron chi connectivity index (χ4n) is 5.19. The lowest BCUT2D eigenvalue weighted by molar-refractivity contribution is -0.320. The molecular weight excluding hydrogens is 598 g/mol. The Balaban J connectivity index is 3.88. The van der Waals surface area contributed by atoms with Crippen LogP contribution in [0.3, 0.4) is 0 Å². The van der Waals surface area contributed by atoms with Crippen LogP contribution in [0.15, 0.2) is 0 Å². The Morgan fingerprint density at radius 1 is 0.800 bits per heavy atom. The molecule has 1 rings (SSSR count). The summed E-state index contributed by atoms with van der Waals surface area (Å²) in [5.41, 5.74) is 0. The zero-order valence-corrected chi connectivity index (χ0v) is 27.4. The Morgan fingerprint density at radius 3 is 1.87 bits per heavy atom. The van der Waals surface area contributed by atoms with E-state index in [0.717, 1.165) is 85.7 Å². The van der Waals surface area contributed by atoms with Gasteiger partial charge in [0.05, 0.1) is 20.1 Å². The monoisotopic (exact) mass is 645 g/mol. The molecule has 0 aromatic heterocycles. The maximum atomic E-state index is 13.4. The third-order valence-corrected chi connectivity index (χ3v) is 6.90. The van der Waals surface area contributed by atoms with Crippen molar-refractivity contribution in [1.82, 2.24) is 4.90 Å². The highest BCUT2D eigenvalue weighted by Crippen LogP contribution is 2.39. The highest BCUT2D eigenvalue weighted by atomic mass is 16.7. The van der Waals surface area contributed by atoms with Crippen LogP contribution < -0.4 is 0 Å². The predicted molar refractivity (Wildman–Crippen MR) is 154 cm³/mol. The van der Waals surface area contributed by atoms with Crippen LogP contribution in [0.4, 0.5) is 0 Å². The maximum absolute atomic E-state index is 13.4. The molecule has 0 saturated carbocycles. The van der Waals surface area contributed by atoms with Crippen LogP contribution in [0.25, 0.3) is 0 Å². The Morgan fingerprint density at radius 2 is 1.38 bits per heavy atom. The van der Waals surface area contributed by atoms with E-state index < -0.39 is 90.9 Å². The molecule has 0 unspecified atom stereocenters. The van der Waals surface area contributed by atoms with Gasteiger partial charge in [-0.25, -0.2) is 4.79 Å². The summed E-state index contributed by atoms with van der Waals surface area (Å²) < 4.78 is 38.8. The van der Waals surface area contributed by atoms with E-state index in [1.54, 1.807) is 0 Å². The molecule has 45 heavy (non-hydrogen) atoms. The summed E-state index contributed by atoms with van der Waals surface area (Å²) in [6.07, 6.45) is -1.70. The zero-order valence-electron chi connectivity index (χ0n) is 27.4. The van der Waals surface area contributed by atoms with Crippen molar-refractivity contribution in [3.8, 4) is 0 Å². The molecule has 0 spiro atoms. The summed E-state index contributed by atoms with van der Waals surface area (Å²) in [6.45, 7) is 7.83. The summed E-state index contributed by atoms with van der Waals surface area (Å²) >= 11 is 0. The lowest BCUT2D eigenvalue weighted by Gasteiger charge is -2.50. The second-order valence-corrected chi connectivity index (χ2v) is 10.7. The van der Waals surface area contributed by atoms with Crippen molar-refractivity contribution in [2.24, 2.45) is 0 Å². The number of amides is 2. The number of imide groups is 1. The SMILES string of the molecule is CCCCCCCCO[C@@]1(C(=O)OC)C[C@H](OC(C)=O)[C@@H](N(C(C)=O)C(C)=O)[C@H]([C@H](OC(C)=O)[C@@H](COC(C)=O)OC(C)=O)O1. The van der Waals surface area contributed by atoms with Crippen molar-refractivity contribution in [3.05, 3.63) is 0 Å². The summed E-state index contributed by atoms with van der Waals surface area (Å²) in [7, 11) is 1.08. The molecule has 1 aliphatic heterocycles. The van der Waals surface area contributed by atoms with E-state index in [-0.39, 0.29) is 6.61 Å². The Bertz CT molecular complexity index is 1050. The van der Waals surface area contributed by atoms with E-state index in [1.165, 1.54) is 0 Å². The fourth-order valence-corrected chi connectivity index (χ4v) is 5.19. The Labute approximate surface area is 263 Å². The molecule has 2 amide bonds. The van der Waals surface area contributed by atoms with Gasteiger partial charge in [-0.15, -0.1) is 0 Å². The minimum absolute atomic E-state index is 0.00636.